The molecule has 2 aromatic rings. The monoisotopic (exact) mass is 329 g/mol. The number of rotatable bonds is 7. The van der Waals surface area contributed by atoms with Gasteiger partial charge in [0.1, 0.15) is 0 Å². The van der Waals surface area contributed by atoms with Gasteiger partial charge < -0.3 is 15.8 Å². The Morgan fingerprint density at radius 2 is 2.17 bits per heavy atom. The summed E-state index contributed by atoms with van der Waals surface area (Å²) in [6.07, 6.45) is 0.992. The number of ether oxygens (including phenoxy) is 1. The minimum Gasteiger partial charge on any atom is -0.383 e. The lowest BCUT2D eigenvalue weighted by atomic mass is 10.1. The van der Waals surface area contributed by atoms with E-state index in [1.54, 1.807) is 7.11 Å². The molecule has 0 atom stereocenters. The number of benzene rings is 1. The van der Waals surface area contributed by atoms with Crippen LogP contribution in [-0.2, 0) is 24.2 Å². The van der Waals surface area contributed by atoms with Crippen molar-refractivity contribution in [2.45, 2.75) is 40.3 Å². The number of nitrogens with zero attached hydrogens (tertiary/aromatic N) is 3. The Balaban J connectivity index is 2.05. The fraction of sp³-hybridized carbons (Fsp3) is 0.444. The van der Waals surface area contributed by atoms with Crippen molar-refractivity contribution in [2.24, 2.45) is 10.7 Å². The Hall–Kier alpha value is -2.34. The quantitative estimate of drug-likeness (QED) is 0.605. The second kappa shape index (κ2) is 8.49. The summed E-state index contributed by atoms with van der Waals surface area (Å²) >= 11 is 0. The van der Waals surface area contributed by atoms with Crippen LogP contribution in [0.1, 0.15) is 29.4 Å². The molecule has 0 aliphatic rings. The summed E-state index contributed by atoms with van der Waals surface area (Å²) in [5.74, 6) is 0.409. The molecule has 130 valence electrons. The molecular formula is C18H27N5O. The highest BCUT2D eigenvalue weighted by Crippen LogP contribution is 2.15. The zero-order chi connectivity index (χ0) is 17.5. The van der Waals surface area contributed by atoms with Crippen LogP contribution in [0.3, 0.4) is 0 Å². The first-order valence-electron chi connectivity index (χ1n) is 8.22. The van der Waals surface area contributed by atoms with E-state index in [0.717, 1.165) is 35.6 Å². The summed E-state index contributed by atoms with van der Waals surface area (Å²) in [7, 11) is 1.69. The number of aromatic nitrogens is 2. The molecule has 1 aromatic carbocycles. The molecule has 0 saturated heterocycles. The normalized spacial score (nSPS) is 11.8. The third kappa shape index (κ3) is 4.58. The molecule has 0 aliphatic heterocycles. The highest BCUT2D eigenvalue weighted by atomic mass is 16.5. The van der Waals surface area contributed by atoms with Crippen LogP contribution in [0, 0.1) is 13.8 Å². The van der Waals surface area contributed by atoms with Gasteiger partial charge >= 0.3 is 0 Å². The van der Waals surface area contributed by atoms with Gasteiger partial charge in [-0.05, 0) is 38.0 Å². The molecule has 6 heteroatoms. The molecule has 3 N–H and O–H groups in total. The number of aryl methyl sites for hydroxylation is 2. The fourth-order valence-corrected chi connectivity index (χ4v) is 2.58. The Bertz CT molecular complexity index is 705. The lowest BCUT2D eigenvalue weighted by molar-refractivity contribution is 0.182. The minimum atomic E-state index is 0.409. The van der Waals surface area contributed by atoms with Gasteiger partial charge in [-0.2, -0.15) is 5.10 Å². The van der Waals surface area contributed by atoms with E-state index in [1.807, 2.05) is 23.7 Å². The van der Waals surface area contributed by atoms with E-state index in [4.69, 9.17) is 10.5 Å². The van der Waals surface area contributed by atoms with Crippen LogP contribution in [-0.4, -0.2) is 29.5 Å². The topological polar surface area (TPSA) is 77.5 Å². The maximum Gasteiger partial charge on any atom is 0.193 e. The number of nitrogens with one attached hydrogen (secondary N) is 1. The van der Waals surface area contributed by atoms with E-state index in [0.29, 0.717) is 19.1 Å². The SMILES string of the molecule is CCc1cccc(NC(N)=NCc2c(C)nn(CCOC)c2C)c1. The smallest absolute Gasteiger partial charge is 0.193 e. The summed E-state index contributed by atoms with van der Waals surface area (Å²) in [5.41, 5.74) is 11.4. The summed E-state index contributed by atoms with van der Waals surface area (Å²) in [6, 6.07) is 8.19. The Kier molecular flexibility index (Phi) is 6.37. The maximum atomic E-state index is 6.02. The Labute approximate surface area is 143 Å². The average molecular weight is 329 g/mol. The molecule has 0 spiro atoms. The third-order valence-electron chi connectivity index (χ3n) is 4.05. The lowest BCUT2D eigenvalue weighted by Gasteiger charge is -2.07. The highest BCUT2D eigenvalue weighted by Gasteiger charge is 2.11. The van der Waals surface area contributed by atoms with Gasteiger partial charge in [0.2, 0.25) is 0 Å². The number of guanidine groups is 1. The largest absolute Gasteiger partial charge is 0.383 e. The first-order chi connectivity index (χ1) is 11.5. The van der Waals surface area contributed by atoms with E-state index < -0.39 is 0 Å². The van der Waals surface area contributed by atoms with E-state index in [-0.39, 0.29) is 0 Å². The molecule has 1 heterocycles. The van der Waals surface area contributed by atoms with Gasteiger partial charge in [-0.15, -0.1) is 0 Å². The maximum absolute atomic E-state index is 6.02. The number of hydrogen-bond donors (Lipinski definition) is 2. The van der Waals surface area contributed by atoms with Crippen molar-refractivity contribution >= 4 is 11.6 Å². The highest BCUT2D eigenvalue weighted by molar-refractivity contribution is 5.92. The van der Waals surface area contributed by atoms with Crippen LogP contribution in [0.25, 0.3) is 0 Å². The van der Waals surface area contributed by atoms with Gasteiger partial charge in [-0.25, -0.2) is 4.99 Å². The Morgan fingerprint density at radius 1 is 1.38 bits per heavy atom. The van der Waals surface area contributed by atoms with Crippen LogP contribution in [0.5, 0.6) is 0 Å². The van der Waals surface area contributed by atoms with Crippen molar-refractivity contribution in [1.82, 2.24) is 9.78 Å². The van der Waals surface area contributed by atoms with E-state index in [1.165, 1.54) is 5.56 Å². The molecule has 0 fully saturated rings. The fourth-order valence-electron chi connectivity index (χ4n) is 2.58. The first kappa shape index (κ1) is 18.0. The molecule has 0 unspecified atom stereocenters. The van der Waals surface area contributed by atoms with Gasteiger partial charge in [0, 0.05) is 24.1 Å². The molecule has 0 bridgehead atoms. The molecule has 24 heavy (non-hydrogen) atoms. The Morgan fingerprint density at radius 3 is 2.88 bits per heavy atom. The summed E-state index contributed by atoms with van der Waals surface area (Å²) < 4.78 is 7.07. The molecule has 1 aromatic heterocycles. The second-order valence-electron chi connectivity index (χ2n) is 5.75. The van der Waals surface area contributed by atoms with Crippen LogP contribution in [0.15, 0.2) is 29.3 Å². The van der Waals surface area contributed by atoms with Gasteiger partial charge in [-0.1, -0.05) is 19.1 Å². The van der Waals surface area contributed by atoms with Crippen LogP contribution >= 0.6 is 0 Å². The van der Waals surface area contributed by atoms with Crippen molar-refractivity contribution in [3.05, 3.63) is 46.8 Å². The predicted octanol–water partition coefficient (Wildman–Crippen LogP) is 2.64. The molecule has 0 aliphatic carbocycles. The van der Waals surface area contributed by atoms with Crippen LogP contribution < -0.4 is 11.1 Å². The van der Waals surface area contributed by atoms with Crippen molar-refractivity contribution in [2.75, 3.05) is 19.0 Å². The van der Waals surface area contributed by atoms with E-state index in [2.05, 4.69) is 41.4 Å². The molecule has 2 rings (SSSR count). The average Bonchev–Trinajstić information content (AvgIpc) is 2.85. The van der Waals surface area contributed by atoms with E-state index in [9.17, 15) is 0 Å². The summed E-state index contributed by atoms with van der Waals surface area (Å²) in [5, 5.41) is 7.69. The summed E-state index contributed by atoms with van der Waals surface area (Å²) in [4.78, 5) is 4.46. The number of methoxy groups -OCH3 is 1. The number of hydrogen-bond acceptors (Lipinski definition) is 3. The second-order valence-corrected chi connectivity index (χ2v) is 5.75. The standard InChI is InChI=1S/C18H27N5O/c1-5-15-7-6-8-16(11-15)21-18(19)20-12-17-13(2)22-23(14(17)3)9-10-24-4/h6-8,11H,5,9-10,12H2,1-4H3,(H3,19,20,21). The van der Waals surface area contributed by atoms with Crippen molar-refractivity contribution < 1.29 is 4.74 Å². The van der Waals surface area contributed by atoms with Crippen molar-refractivity contribution in [1.29, 1.82) is 0 Å². The van der Waals surface area contributed by atoms with Crippen LogP contribution in [0.4, 0.5) is 5.69 Å². The number of nitrogens with two attached hydrogens (primary N) is 1. The molecule has 6 nitrogen and oxygen atoms in total. The summed E-state index contributed by atoms with van der Waals surface area (Å²) in [6.45, 7) is 8.07. The van der Waals surface area contributed by atoms with Crippen molar-refractivity contribution in [3.63, 3.8) is 0 Å². The molecule has 0 saturated carbocycles. The lowest BCUT2D eigenvalue weighted by Crippen LogP contribution is -2.22. The zero-order valence-electron chi connectivity index (χ0n) is 15.0. The predicted molar refractivity (Wildman–Crippen MR) is 98.3 cm³/mol. The zero-order valence-corrected chi connectivity index (χ0v) is 15.0. The molecule has 0 radical (unpaired) electrons. The number of aliphatic imine (C=N–C) groups is 1. The first-order valence-corrected chi connectivity index (χ1v) is 8.22. The third-order valence-corrected chi connectivity index (χ3v) is 4.05. The van der Waals surface area contributed by atoms with Gasteiger partial charge in [0.05, 0.1) is 25.4 Å². The van der Waals surface area contributed by atoms with E-state index >= 15 is 0 Å². The van der Waals surface area contributed by atoms with Crippen LogP contribution in [0.2, 0.25) is 0 Å². The molecule has 0 amide bonds. The molecular weight excluding hydrogens is 302 g/mol. The van der Waals surface area contributed by atoms with Gasteiger partial charge in [0.25, 0.3) is 0 Å². The number of anilines is 1. The minimum absolute atomic E-state index is 0.409. The van der Waals surface area contributed by atoms with Crippen molar-refractivity contribution in [3.8, 4) is 0 Å². The van der Waals surface area contributed by atoms with Gasteiger partial charge in [-0.3, -0.25) is 4.68 Å². The van der Waals surface area contributed by atoms with Gasteiger partial charge in [0.15, 0.2) is 5.96 Å².